The highest BCUT2D eigenvalue weighted by atomic mass is 16.7. The van der Waals surface area contributed by atoms with Gasteiger partial charge >= 0.3 is 6.09 Å². The second-order valence-corrected chi connectivity index (χ2v) is 3.83. The summed E-state index contributed by atoms with van der Waals surface area (Å²) in [6, 6.07) is 8.59. The average molecular weight is 261 g/mol. The first-order valence-electron chi connectivity index (χ1n) is 5.88. The molecule has 0 saturated carbocycles. The number of hydrogen-bond donors (Lipinski definition) is 2. The van der Waals surface area contributed by atoms with Crippen molar-refractivity contribution in [2.75, 3.05) is 6.54 Å². The maximum atomic E-state index is 11.5. The van der Waals surface area contributed by atoms with Gasteiger partial charge in [-0.2, -0.15) is 10.7 Å². The summed E-state index contributed by atoms with van der Waals surface area (Å²) in [5.74, 6) is -0.434. The zero-order chi connectivity index (χ0) is 14.1. The molecule has 0 aromatic heterocycles. The van der Waals surface area contributed by atoms with Crippen LogP contribution >= 0.6 is 0 Å². The number of amides is 2. The molecule has 0 fully saturated rings. The first-order chi connectivity index (χ1) is 9.15. The molecule has 100 valence electrons. The van der Waals surface area contributed by atoms with Gasteiger partial charge in [0, 0.05) is 6.54 Å². The number of carbonyl (C=O) groups is 2. The fourth-order valence-corrected chi connectivity index (χ4v) is 1.29. The van der Waals surface area contributed by atoms with Crippen LogP contribution in [0.5, 0.6) is 0 Å². The quantitative estimate of drug-likeness (QED) is 0.798. The Morgan fingerprint density at radius 1 is 1.32 bits per heavy atom. The smallest absolute Gasteiger partial charge is 0.322 e. The minimum absolute atomic E-state index is 0.0762. The molecule has 6 nitrogen and oxygen atoms in total. The third kappa shape index (κ3) is 5.55. The molecule has 2 amide bonds. The molecule has 0 aliphatic rings. The Hall–Kier alpha value is -2.55. The molecule has 0 heterocycles. The Bertz CT molecular complexity index is 477. The number of nitrogens with zero attached hydrogens (tertiary/aromatic N) is 1. The first kappa shape index (κ1) is 14.5. The molecule has 0 spiro atoms. The lowest BCUT2D eigenvalue weighted by atomic mass is 10.1. The van der Waals surface area contributed by atoms with Crippen molar-refractivity contribution in [3.8, 4) is 6.07 Å². The van der Waals surface area contributed by atoms with Crippen LogP contribution < -0.4 is 10.8 Å². The van der Waals surface area contributed by atoms with Gasteiger partial charge in [0.15, 0.2) is 0 Å². The Labute approximate surface area is 111 Å². The summed E-state index contributed by atoms with van der Waals surface area (Å²) in [5, 5.41) is 11.1. The monoisotopic (exact) mass is 261 g/mol. The molecule has 0 aliphatic heterocycles. The normalized spacial score (nSPS) is 9.26. The lowest BCUT2D eigenvalue weighted by molar-refractivity contribution is -0.128. The van der Waals surface area contributed by atoms with Gasteiger partial charge in [-0.3, -0.25) is 4.79 Å². The molecule has 19 heavy (non-hydrogen) atoms. The van der Waals surface area contributed by atoms with Crippen LogP contribution in [0.25, 0.3) is 0 Å². The Morgan fingerprint density at radius 3 is 2.58 bits per heavy atom. The molecule has 1 aromatic rings. The number of benzene rings is 1. The van der Waals surface area contributed by atoms with E-state index in [2.05, 4.69) is 15.6 Å². The van der Waals surface area contributed by atoms with Crippen molar-refractivity contribution in [1.29, 1.82) is 5.26 Å². The minimum atomic E-state index is -0.685. The van der Waals surface area contributed by atoms with Crippen LogP contribution in [0, 0.1) is 11.3 Å². The molecule has 0 unspecified atom stereocenters. The summed E-state index contributed by atoms with van der Waals surface area (Å²) in [6.07, 6.45) is 0.177. The maximum Gasteiger partial charge on any atom is 0.431 e. The van der Waals surface area contributed by atoms with Crippen molar-refractivity contribution < 1.29 is 14.4 Å². The van der Waals surface area contributed by atoms with Gasteiger partial charge in [0.05, 0.1) is 18.1 Å². The van der Waals surface area contributed by atoms with Crippen LogP contribution in [0.15, 0.2) is 24.3 Å². The predicted octanol–water partition coefficient (Wildman–Crippen LogP) is 1.27. The highest BCUT2D eigenvalue weighted by Gasteiger charge is 2.06. The standard InChI is InChI=1S/C13H15N3O3/c1-2-7-15-13(18)19-16-12(17)8-10-3-5-11(9-14)6-4-10/h3-6H,2,7-8H2,1H3,(H,15,18)(H,16,17). The van der Waals surface area contributed by atoms with Gasteiger partial charge in [0.25, 0.3) is 5.91 Å². The van der Waals surface area contributed by atoms with Gasteiger partial charge in [-0.1, -0.05) is 19.1 Å². The highest BCUT2D eigenvalue weighted by molar-refractivity contribution is 5.79. The minimum Gasteiger partial charge on any atom is -0.322 e. The van der Waals surface area contributed by atoms with Gasteiger partial charge in [-0.25, -0.2) is 4.79 Å². The Morgan fingerprint density at radius 2 is 2.00 bits per heavy atom. The second kappa shape index (κ2) is 7.71. The molecule has 0 bridgehead atoms. The van der Waals surface area contributed by atoms with Crippen LogP contribution in [-0.2, 0) is 16.1 Å². The van der Waals surface area contributed by atoms with Crippen molar-refractivity contribution in [1.82, 2.24) is 10.8 Å². The van der Waals surface area contributed by atoms with Crippen LogP contribution in [0.4, 0.5) is 4.79 Å². The van der Waals surface area contributed by atoms with E-state index in [0.29, 0.717) is 12.1 Å². The number of rotatable bonds is 4. The molecule has 0 saturated heterocycles. The fraction of sp³-hybridized carbons (Fsp3) is 0.308. The van der Waals surface area contributed by atoms with Gasteiger partial charge in [0.2, 0.25) is 0 Å². The molecule has 1 aromatic carbocycles. The van der Waals surface area contributed by atoms with Crippen LogP contribution in [0.2, 0.25) is 0 Å². The predicted molar refractivity (Wildman–Crippen MR) is 67.8 cm³/mol. The van der Waals surface area contributed by atoms with Crippen molar-refractivity contribution in [2.45, 2.75) is 19.8 Å². The molecule has 6 heteroatoms. The zero-order valence-electron chi connectivity index (χ0n) is 10.6. The zero-order valence-corrected chi connectivity index (χ0v) is 10.6. The van der Waals surface area contributed by atoms with E-state index in [-0.39, 0.29) is 6.42 Å². The second-order valence-electron chi connectivity index (χ2n) is 3.83. The number of carbonyl (C=O) groups excluding carboxylic acids is 2. The van der Waals surface area contributed by atoms with E-state index in [1.165, 1.54) is 0 Å². The van der Waals surface area contributed by atoms with E-state index < -0.39 is 12.0 Å². The van der Waals surface area contributed by atoms with Crippen molar-refractivity contribution in [3.05, 3.63) is 35.4 Å². The molecule has 0 atom stereocenters. The summed E-state index contributed by atoms with van der Waals surface area (Å²) in [5.41, 5.74) is 3.31. The molecule has 2 N–H and O–H groups in total. The van der Waals surface area contributed by atoms with Gasteiger partial charge < -0.3 is 10.2 Å². The summed E-state index contributed by atoms with van der Waals surface area (Å²) >= 11 is 0. The summed E-state index contributed by atoms with van der Waals surface area (Å²) in [7, 11) is 0. The summed E-state index contributed by atoms with van der Waals surface area (Å²) in [6.45, 7) is 2.40. The van der Waals surface area contributed by atoms with E-state index >= 15 is 0 Å². The van der Waals surface area contributed by atoms with Crippen molar-refractivity contribution >= 4 is 12.0 Å². The lowest BCUT2D eigenvalue weighted by Gasteiger charge is -2.06. The van der Waals surface area contributed by atoms with E-state index in [4.69, 9.17) is 5.26 Å². The van der Waals surface area contributed by atoms with Gasteiger partial charge in [0.1, 0.15) is 0 Å². The first-order valence-corrected chi connectivity index (χ1v) is 5.88. The van der Waals surface area contributed by atoms with Crippen LogP contribution in [0.3, 0.4) is 0 Å². The van der Waals surface area contributed by atoms with Crippen molar-refractivity contribution in [2.24, 2.45) is 0 Å². The van der Waals surface area contributed by atoms with Gasteiger partial charge in [-0.15, -0.1) is 0 Å². The summed E-state index contributed by atoms with van der Waals surface area (Å²) < 4.78 is 0. The third-order valence-corrected chi connectivity index (χ3v) is 2.22. The summed E-state index contributed by atoms with van der Waals surface area (Å²) in [4.78, 5) is 27.0. The Kier molecular flexibility index (Phi) is 5.89. The van der Waals surface area contributed by atoms with E-state index in [1.807, 2.05) is 13.0 Å². The average Bonchev–Trinajstić information content (AvgIpc) is 2.43. The number of nitrogens with one attached hydrogen (secondary N) is 2. The lowest BCUT2D eigenvalue weighted by Crippen LogP contribution is -2.34. The van der Waals surface area contributed by atoms with Crippen LogP contribution in [-0.4, -0.2) is 18.5 Å². The van der Waals surface area contributed by atoms with E-state index in [1.54, 1.807) is 24.3 Å². The van der Waals surface area contributed by atoms with Gasteiger partial charge in [-0.05, 0) is 24.1 Å². The number of hydroxylamine groups is 1. The molecule has 0 aliphatic carbocycles. The van der Waals surface area contributed by atoms with E-state index in [9.17, 15) is 9.59 Å². The third-order valence-electron chi connectivity index (χ3n) is 2.22. The molecular formula is C13H15N3O3. The number of hydrogen-bond acceptors (Lipinski definition) is 4. The van der Waals surface area contributed by atoms with Crippen molar-refractivity contribution in [3.63, 3.8) is 0 Å². The van der Waals surface area contributed by atoms with E-state index in [0.717, 1.165) is 12.0 Å². The Balaban J connectivity index is 2.34. The number of nitriles is 1. The largest absolute Gasteiger partial charge is 0.431 e. The SMILES string of the molecule is CCCNC(=O)ONC(=O)Cc1ccc(C#N)cc1. The molecular weight excluding hydrogens is 246 g/mol. The maximum absolute atomic E-state index is 11.5. The molecule has 0 radical (unpaired) electrons. The highest BCUT2D eigenvalue weighted by Crippen LogP contribution is 2.03. The molecule has 1 rings (SSSR count). The topological polar surface area (TPSA) is 91.2 Å². The van der Waals surface area contributed by atoms with Crippen LogP contribution in [0.1, 0.15) is 24.5 Å². The fourth-order valence-electron chi connectivity index (χ4n) is 1.29.